The number of amides is 1. The van der Waals surface area contributed by atoms with Crippen molar-refractivity contribution < 1.29 is 9.59 Å². The number of nitrogens with zero attached hydrogens (tertiary/aromatic N) is 1. The van der Waals surface area contributed by atoms with Crippen molar-refractivity contribution >= 4 is 23.5 Å². The van der Waals surface area contributed by atoms with Gasteiger partial charge in [0.15, 0.2) is 0 Å². The lowest BCUT2D eigenvalue weighted by molar-refractivity contribution is -0.137. The quantitative estimate of drug-likeness (QED) is 0.909. The Hall–Kier alpha value is -1.33. The average Bonchev–Trinajstić information content (AvgIpc) is 3.31. The molecule has 0 aromatic heterocycles. The van der Waals surface area contributed by atoms with Gasteiger partial charge in [-0.2, -0.15) is 0 Å². The summed E-state index contributed by atoms with van der Waals surface area (Å²) in [7, 11) is 0. The van der Waals surface area contributed by atoms with Gasteiger partial charge in [-0.05, 0) is 43.4 Å². The molecule has 0 spiro atoms. The summed E-state index contributed by atoms with van der Waals surface area (Å²) in [5.74, 6) is 2.16. The van der Waals surface area contributed by atoms with E-state index in [1.165, 1.54) is 11.1 Å². The minimum absolute atomic E-state index is 0.0769. The third-order valence-corrected chi connectivity index (χ3v) is 6.63. The van der Waals surface area contributed by atoms with E-state index in [2.05, 4.69) is 29.6 Å². The zero-order valence-electron chi connectivity index (χ0n) is 13.9. The Labute approximate surface area is 147 Å². The molecule has 3 atom stereocenters. The van der Waals surface area contributed by atoms with E-state index in [-0.39, 0.29) is 23.8 Å². The average molecular weight is 344 g/mol. The lowest BCUT2D eigenvalue weighted by atomic mass is 9.77. The number of nitrogens with one attached hydrogen (secondary N) is 1. The summed E-state index contributed by atoms with van der Waals surface area (Å²) < 4.78 is 0. The molecule has 1 aromatic rings. The largest absolute Gasteiger partial charge is 0.331 e. The maximum absolute atomic E-state index is 13.1. The Morgan fingerprint density at radius 1 is 1.17 bits per heavy atom. The number of carbonyl (C=O) groups is 2. The zero-order valence-corrected chi connectivity index (χ0v) is 14.7. The molecule has 5 heteroatoms. The molecule has 2 unspecified atom stereocenters. The van der Waals surface area contributed by atoms with E-state index in [9.17, 15) is 9.59 Å². The second-order valence-corrected chi connectivity index (χ2v) is 8.15. The van der Waals surface area contributed by atoms with Crippen LogP contribution in [0.25, 0.3) is 0 Å². The van der Waals surface area contributed by atoms with Gasteiger partial charge in [-0.1, -0.05) is 24.3 Å². The van der Waals surface area contributed by atoms with Crippen LogP contribution in [0.5, 0.6) is 0 Å². The topological polar surface area (TPSA) is 49.4 Å². The van der Waals surface area contributed by atoms with Gasteiger partial charge in [0.05, 0.1) is 11.9 Å². The van der Waals surface area contributed by atoms with E-state index in [1.54, 1.807) is 11.8 Å². The Kier molecular flexibility index (Phi) is 4.63. The lowest BCUT2D eigenvalue weighted by Crippen LogP contribution is -2.48. The number of ketones is 1. The zero-order chi connectivity index (χ0) is 16.5. The van der Waals surface area contributed by atoms with E-state index in [0.717, 1.165) is 50.4 Å². The Morgan fingerprint density at radius 3 is 2.79 bits per heavy atom. The van der Waals surface area contributed by atoms with Crippen LogP contribution in [0.15, 0.2) is 24.3 Å². The monoisotopic (exact) mass is 344 g/mol. The molecule has 2 fully saturated rings. The third-order valence-electron chi connectivity index (χ3n) is 5.67. The van der Waals surface area contributed by atoms with Crippen molar-refractivity contribution in [1.82, 2.24) is 10.2 Å². The van der Waals surface area contributed by atoms with Crippen molar-refractivity contribution in [2.75, 3.05) is 24.7 Å². The normalized spacial score (nSPS) is 29.5. The summed E-state index contributed by atoms with van der Waals surface area (Å²) >= 11 is 1.79. The summed E-state index contributed by atoms with van der Waals surface area (Å²) in [4.78, 5) is 27.8. The van der Waals surface area contributed by atoms with Crippen molar-refractivity contribution in [2.24, 2.45) is 11.8 Å². The lowest BCUT2D eigenvalue weighted by Gasteiger charge is -2.29. The maximum Gasteiger partial charge on any atom is 0.241 e. The molecule has 3 aliphatic rings. The molecule has 0 saturated carbocycles. The van der Waals surface area contributed by atoms with Crippen molar-refractivity contribution in [3.63, 3.8) is 0 Å². The summed E-state index contributed by atoms with van der Waals surface area (Å²) in [6, 6.07) is 8.15. The number of hydrogen-bond donors (Lipinski definition) is 1. The fourth-order valence-corrected chi connectivity index (χ4v) is 5.25. The van der Waals surface area contributed by atoms with E-state index in [1.807, 2.05) is 4.90 Å². The van der Waals surface area contributed by atoms with Crippen molar-refractivity contribution in [3.05, 3.63) is 35.4 Å². The van der Waals surface area contributed by atoms with Crippen LogP contribution in [0.2, 0.25) is 0 Å². The first-order valence-electron chi connectivity index (χ1n) is 8.94. The van der Waals surface area contributed by atoms with Crippen LogP contribution in [0, 0.1) is 11.8 Å². The van der Waals surface area contributed by atoms with Gasteiger partial charge < -0.3 is 10.2 Å². The third kappa shape index (κ3) is 3.00. The minimum atomic E-state index is -0.298. The molecule has 1 aliphatic carbocycles. The predicted molar refractivity (Wildman–Crippen MR) is 95.9 cm³/mol. The molecule has 2 heterocycles. The number of fused-ring (bicyclic) bond motifs is 1. The first-order valence-corrected chi connectivity index (χ1v) is 10.1. The number of thioether (sulfide) groups is 1. The molecule has 0 radical (unpaired) electrons. The highest BCUT2D eigenvalue weighted by Crippen LogP contribution is 2.31. The van der Waals surface area contributed by atoms with Crippen LogP contribution < -0.4 is 5.32 Å². The van der Waals surface area contributed by atoms with Crippen molar-refractivity contribution in [2.45, 2.75) is 31.7 Å². The van der Waals surface area contributed by atoms with Crippen LogP contribution in [0.3, 0.4) is 0 Å². The van der Waals surface area contributed by atoms with E-state index < -0.39 is 0 Å². The first-order chi connectivity index (χ1) is 11.7. The molecule has 128 valence electrons. The molecule has 1 aromatic carbocycles. The number of rotatable bonds is 3. The van der Waals surface area contributed by atoms with Gasteiger partial charge in [0, 0.05) is 24.1 Å². The molecule has 0 bridgehead atoms. The van der Waals surface area contributed by atoms with E-state index in [4.69, 9.17) is 0 Å². The van der Waals surface area contributed by atoms with Gasteiger partial charge in [-0.15, -0.1) is 11.8 Å². The molecular weight excluding hydrogens is 320 g/mol. The van der Waals surface area contributed by atoms with Gasteiger partial charge in [-0.3, -0.25) is 9.59 Å². The minimum Gasteiger partial charge on any atom is -0.331 e. The number of hydrogen-bond acceptors (Lipinski definition) is 4. The summed E-state index contributed by atoms with van der Waals surface area (Å²) in [5, 5.41) is 3.30. The number of aryl methyl sites for hydroxylation is 1. The van der Waals surface area contributed by atoms with Crippen LogP contribution in [0.1, 0.15) is 24.0 Å². The Balaban J connectivity index is 1.46. The Bertz CT molecular complexity index is 642. The van der Waals surface area contributed by atoms with Crippen LogP contribution in [-0.4, -0.2) is 47.4 Å². The number of benzene rings is 1. The highest BCUT2D eigenvalue weighted by molar-refractivity contribution is 7.99. The SMILES string of the molecule is O=C(C1CCc2ccccc2C1)C1CCN[C@H]1C(=O)N1CCSC1. The molecule has 1 N–H and O–H groups in total. The van der Waals surface area contributed by atoms with Crippen LogP contribution >= 0.6 is 11.8 Å². The first kappa shape index (κ1) is 16.2. The standard InChI is InChI=1S/C19H24N2O2S/c22-18(15-6-5-13-3-1-2-4-14(13)11-15)16-7-8-20-17(16)19(23)21-9-10-24-12-21/h1-4,15-17,20H,5-12H2/t15?,16?,17-/m1/s1. The molecule has 4 rings (SSSR count). The molecule has 4 nitrogen and oxygen atoms in total. The summed E-state index contributed by atoms with van der Waals surface area (Å²) in [6.45, 7) is 1.59. The number of carbonyl (C=O) groups excluding carboxylic acids is 2. The van der Waals surface area contributed by atoms with Gasteiger partial charge >= 0.3 is 0 Å². The van der Waals surface area contributed by atoms with Crippen molar-refractivity contribution in [1.29, 1.82) is 0 Å². The van der Waals surface area contributed by atoms with E-state index >= 15 is 0 Å². The fraction of sp³-hybridized carbons (Fsp3) is 0.579. The second-order valence-electron chi connectivity index (χ2n) is 7.08. The summed E-state index contributed by atoms with van der Waals surface area (Å²) in [5.41, 5.74) is 2.69. The molecule has 2 aliphatic heterocycles. The number of Topliss-reactive ketones (excluding diaryl/α,β-unsaturated/α-hetero) is 1. The highest BCUT2D eigenvalue weighted by atomic mass is 32.2. The van der Waals surface area contributed by atoms with Crippen LogP contribution in [-0.2, 0) is 22.4 Å². The molecule has 2 saturated heterocycles. The smallest absolute Gasteiger partial charge is 0.241 e. The molecule has 1 amide bonds. The van der Waals surface area contributed by atoms with Gasteiger partial charge in [-0.25, -0.2) is 0 Å². The van der Waals surface area contributed by atoms with Crippen molar-refractivity contribution in [3.8, 4) is 0 Å². The predicted octanol–water partition coefficient (Wildman–Crippen LogP) is 1.87. The van der Waals surface area contributed by atoms with Gasteiger partial charge in [0.25, 0.3) is 0 Å². The maximum atomic E-state index is 13.1. The van der Waals surface area contributed by atoms with E-state index in [0.29, 0.717) is 5.78 Å². The van der Waals surface area contributed by atoms with Crippen LogP contribution in [0.4, 0.5) is 0 Å². The molecule has 24 heavy (non-hydrogen) atoms. The van der Waals surface area contributed by atoms with Gasteiger partial charge in [0.1, 0.15) is 5.78 Å². The fourth-order valence-electron chi connectivity index (χ4n) is 4.30. The summed E-state index contributed by atoms with van der Waals surface area (Å²) in [6.07, 6.45) is 3.54. The van der Waals surface area contributed by atoms with Gasteiger partial charge in [0.2, 0.25) is 5.91 Å². The second kappa shape index (κ2) is 6.89. The highest BCUT2D eigenvalue weighted by Gasteiger charge is 2.42. The molecular formula is C19H24N2O2S. The Morgan fingerprint density at radius 2 is 2.00 bits per heavy atom.